The maximum Gasteiger partial charge on any atom is 0.257 e. The molecule has 4 heteroatoms. The summed E-state index contributed by atoms with van der Waals surface area (Å²) in [7, 11) is 0. The van der Waals surface area contributed by atoms with E-state index >= 15 is 0 Å². The molecule has 116 valence electrons. The van der Waals surface area contributed by atoms with Gasteiger partial charge in [-0.3, -0.25) is 4.79 Å². The van der Waals surface area contributed by atoms with E-state index in [1.54, 1.807) is 11.3 Å². The molecule has 3 nitrogen and oxygen atoms in total. The van der Waals surface area contributed by atoms with Crippen LogP contribution in [0.5, 0.6) is 0 Å². The Balaban J connectivity index is 1.92. The normalized spacial score (nSPS) is 19.7. The fourth-order valence-corrected chi connectivity index (χ4v) is 5.50. The Labute approximate surface area is 131 Å². The van der Waals surface area contributed by atoms with Crippen molar-refractivity contribution in [3.63, 3.8) is 0 Å². The second kappa shape index (κ2) is 5.64. The predicted molar refractivity (Wildman–Crippen MR) is 88.9 cm³/mol. The van der Waals surface area contributed by atoms with Gasteiger partial charge in [-0.1, -0.05) is 12.8 Å². The van der Waals surface area contributed by atoms with E-state index in [0.29, 0.717) is 5.41 Å². The van der Waals surface area contributed by atoms with Crippen molar-refractivity contribution < 1.29 is 4.79 Å². The summed E-state index contributed by atoms with van der Waals surface area (Å²) >= 11 is 1.67. The van der Waals surface area contributed by atoms with Gasteiger partial charge in [0.05, 0.1) is 10.6 Å². The fourth-order valence-electron chi connectivity index (χ4n) is 4.22. The van der Waals surface area contributed by atoms with Gasteiger partial charge in [0.1, 0.15) is 0 Å². The zero-order chi connectivity index (χ0) is 15.0. The van der Waals surface area contributed by atoms with Gasteiger partial charge in [0.25, 0.3) is 5.91 Å². The second-order valence-electron chi connectivity index (χ2n) is 6.60. The number of carbonyl (C=O) groups excluding carboxylic acids is 1. The Hall–Kier alpha value is -1.03. The first-order valence-electron chi connectivity index (χ1n) is 8.29. The van der Waals surface area contributed by atoms with Crippen LogP contribution < -0.4 is 5.73 Å². The van der Waals surface area contributed by atoms with Crippen LogP contribution in [0, 0.1) is 5.41 Å². The number of carbonyl (C=O) groups is 1. The van der Waals surface area contributed by atoms with Crippen molar-refractivity contribution in [2.24, 2.45) is 5.41 Å². The highest BCUT2D eigenvalue weighted by Gasteiger charge is 2.39. The van der Waals surface area contributed by atoms with E-state index in [2.05, 4.69) is 0 Å². The monoisotopic (exact) mass is 306 g/mol. The third-order valence-corrected chi connectivity index (χ3v) is 6.55. The summed E-state index contributed by atoms with van der Waals surface area (Å²) in [5, 5.41) is 0.743. The van der Waals surface area contributed by atoms with Gasteiger partial charge in [-0.05, 0) is 56.9 Å². The van der Waals surface area contributed by atoms with Gasteiger partial charge in [-0.15, -0.1) is 11.3 Å². The van der Waals surface area contributed by atoms with Crippen LogP contribution in [0.3, 0.4) is 0 Å². The molecule has 1 heterocycles. The number of anilines is 1. The van der Waals surface area contributed by atoms with E-state index in [0.717, 1.165) is 36.5 Å². The van der Waals surface area contributed by atoms with Gasteiger partial charge < -0.3 is 10.6 Å². The van der Waals surface area contributed by atoms with E-state index in [9.17, 15) is 4.79 Å². The first-order chi connectivity index (χ1) is 10.1. The molecule has 2 N–H and O–H groups in total. The maximum atomic E-state index is 12.7. The lowest BCUT2D eigenvalue weighted by atomic mass is 9.72. The number of rotatable bonds is 3. The molecule has 1 aromatic heterocycles. The molecule has 3 rings (SSSR count). The number of amides is 1. The Kier molecular flexibility index (Phi) is 4.00. The molecule has 0 aliphatic heterocycles. The molecule has 2 aliphatic carbocycles. The quantitative estimate of drug-likeness (QED) is 0.921. The zero-order valence-corrected chi connectivity index (χ0v) is 14.0. The SMILES string of the molecule is CCN(CC)C(=O)c1c(N)sc2c1CCC1(CCCC1)C2. The largest absolute Gasteiger partial charge is 0.390 e. The highest BCUT2D eigenvalue weighted by Crippen LogP contribution is 2.51. The maximum absolute atomic E-state index is 12.7. The van der Waals surface area contributed by atoms with Gasteiger partial charge >= 0.3 is 0 Å². The topological polar surface area (TPSA) is 46.3 Å². The highest BCUT2D eigenvalue weighted by atomic mass is 32.1. The summed E-state index contributed by atoms with van der Waals surface area (Å²) in [4.78, 5) is 16.0. The van der Waals surface area contributed by atoms with Crippen LogP contribution in [0.2, 0.25) is 0 Å². The van der Waals surface area contributed by atoms with Gasteiger partial charge in [0.15, 0.2) is 0 Å². The Morgan fingerprint density at radius 3 is 2.52 bits per heavy atom. The lowest BCUT2D eigenvalue weighted by Gasteiger charge is -2.33. The Morgan fingerprint density at radius 2 is 1.90 bits per heavy atom. The predicted octanol–water partition coefficient (Wildman–Crippen LogP) is 3.86. The van der Waals surface area contributed by atoms with Gasteiger partial charge in [-0.25, -0.2) is 0 Å². The molecule has 0 saturated heterocycles. The van der Waals surface area contributed by atoms with Crippen molar-refractivity contribution >= 4 is 22.2 Å². The summed E-state index contributed by atoms with van der Waals surface area (Å²) in [6.07, 6.45) is 8.93. The van der Waals surface area contributed by atoms with Crippen molar-refractivity contribution in [3.05, 3.63) is 16.0 Å². The van der Waals surface area contributed by atoms with Crippen molar-refractivity contribution in [3.8, 4) is 0 Å². The van der Waals surface area contributed by atoms with Gasteiger partial charge in [0.2, 0.25) is 0 Å². The van der Waals surface area contributed by atoms with Crippen LogP contribution in [0.1, 0.15) is 66.8 Å². The number of hydrogen-bond acceptors (Lipinski definition) is 3. The van der Waals surface area contributed by atoms with Crippen LogP contribution in [0.25, 0.3) is 0 Å². The number of nitrogen functional groups attached to an aromatic ring is 1. The molecule has 0 bridgehead atoms. The molecule has 1 amide bonds. The summed E-state index contributed by atoms with van der Waals surface area (Å²) < 4.78 is 0. The number of nitrogens with two attached hydrogens (primary N) is 1. The van der Waals surface area contributed by atoms with E-state index < -0.39 is 0 Å². The third kappa shape index (κ3) is 2.48. The fraction of sp³-hybridized carbons (Fsp3) is 0.706. The molecule has 0 aromatic carbocycles. The number of hydrogen-bond donors (Lipinski definition) is 1. The summed E-state index contributed by atoms with van der Waals surface area (Å²) in [5.41, 5.74) is 8.85. The number of fused-ring (bicyclic) bond motifs is 1. The molecule has 1 fully saturated rings. The minimum atomic E-state index is 0.136. The van der Waals surface area contributed by atoms with Crippen molar-refractivity contribution in [2.75, 3.05) is 18.8 Å². The van der Waals surface area contributed by atoms with Gasteiger partial charge in [-0.2, -0.15) is 0 Å². The molecule has 1 aromatic rings. The van der Waals surface area contributed by atoms with Crippen LogP contribution in [-0.2, 0) is 12.8 Å². The molecule has 0 radical (unpaired) electrons. The third-order valence-electron chi connectivity index (χ3n) is 5.49. The lowest BCUT2D eigenvalue weighted by molar-refractivity contribution is 0.0772. The molecule has 21 heavy (non-hydrogen) atoms. The minimum absolute atomic E-state index is 0.136. The average molecular weight is 306 g/mol. The number of thiophene rings is 1. The van der Waals surface area contributed by atoms with E-state index in [1.807, 2.05) is 18.7 Å². The van der Waals surface area contributed by atoms with Crippen LogP contribution >= 0.6 is 11.3 Å². The average Bonchev–Trinajstić information content (AvgIpc) is 3.04. The van der Waals surface area contributed by atoms with Crippen LogP contribution in [0.15, 0.2) is 0 Å². The summed E-state index contributed by atoms with van der Waals surface area (Å²) in [6, 6.07) is 0. The molecular weight excluding hydrogens is 280 g/mol. The molecule has 1 saturated carbocycles. The standard InChI is InChI=1S/C17H26N2OS/c1-3-19(4-2)16(20)14-12-7-10-17(8-5-6-9-17)11-13(12)21-15(14)18/h3-11,18H2,1-2H3. The Morgan fingerprint density at radius 1 is 1.24 bits per heavy atom. The highest BCUT2D eigenvalue weighted by molar-refractivity contribution is 7.16. The summed E-state index contributed by atoms with van der Waals surface area (Å²) in [6.45, 7) is 5.57. The number of nitrogens with zero attached hydrogens (tertiary/aromatic N) is 1. The van der Waals surface area contributed by atoms with Crippen molar-refractivity contribution in [1.82, 2.24) is 4.90 Å². The summed E-state index contributed by atoms with van der Waals surface area (Å²) in [5.74, 6) is 0.136. The van der Waals surface area contributed by atoms with Crippen molar-refractivity contribution in [2.45, 2.75) is 58.8 Å². The van der Waals surface area contributed by atoms with Crippen LogP contribution in [0.4, 0.5) is 5.00 Å². The van der Waals surface area contributed by atoms with Crippen LogP contribution in [-0.4, -0.2) is 23.9 Å². The van der Waals surface area contributed by atoms with E-state index in [4.69, 9.17) is 5.73 Å². The van der Waals surface area contributed by atoms with Gasteiger partial charge in [0, 0.05) is 18.0 Å². The first kappa shape index (κ1) is 14.9. The molecule has 0 unspecified atom stereocenters. The minimum Gasteiger partial charge on any atom is -0.390 e. The first-order valence-corrected chi connectivity index (χ1v) is 9.11. The molecular formula is C17H26N2OS. The molecule has 0 atom stereocenters. The Bertz CT molecular complexity index is 539. The lowest BCUT2D eigenvalue weighted by Crippen LogP contribution is -2.32. The molecule has 1 spiro atoms. The van der Waals surface area contributed by atoms with Crippen molar-refractivity contribution in [1.29, 1.82) is 0 Å². The van der Waals surface area contributed by atoms with E-state index in [-0.39, 0.29) is 5.91 Å². The second-order valence-corrected chi connectivity index (χ2v) is 7.74. The van der Waals surface area contributed by atoms with E-state index in [1.165, 1.54) is 42.5 Å². The smallest absolute Gasteiger partial charge is 0.257 e. The zero-order valence-electron chi connectivity index (χ0n) is 13.2. The molecule has 2 aliphatic rings.